The Hall–Kier alpha value is -4.24. The van der Waals surface area contributed by atoms with E-state index in [0.29, 0.717) is 34.9 Å². The topological polar surface area (TPSA) is 107 Å². The van der Waals surface area contributed by atoms with E-state index < -0.39 is 16.8 Å². The molecule has 2 aromatic carbocycles. The molecule has 3 aromatic rings. The van der Waals surface area contributed by atoms with Crippen molar-refractivity contribution in [3.05, 3.63) is 105 Å². The molecule has 0 saturated carbocycles. The van der Waals surface area contributed by atoms with E-state index in [1.54, 1.807) is 18.3 Å². The maximum Gasteiger partial charge on any atom is 0.336 e. The number of aromatic nitrogens is 1. The maximum absolute atomic E-state index is 13.8. The van der Waals surface area contributed by atoms with Gasteiger partial charge in [0.1, 0.15) is 0 Å². The number of nitrogens with one attached hydrogen (secondary N) is 1. The van der Waals surface area contributed by atoms with Gasteiger partial charge in [-0.25, -0.2) is 9.78 Å². The molecule has 2 atom stereocenters. The van der Waals surface area contributed by atoms with E-state index in [1.807, 2.05) is 45.0 Å². The Bertz CT molecular complexity index is 1420. The van der Waals surface area contributed by atoms with Crippen LogP contribution in [0.3, 0.4) is 0 Å². The van der Waals surface area contributed by atoms with Crippen molar-refractivity contribution in [2.45, 2.75) is 45.8 Å². The molecule has 0 amide bonds. The van der Waals surface area contributed by atoms with E-state index in [4.69, 9.17) is 9.47 Å². The average molecular weight is 543 g/mol. The number of likely N-dealkylation sites (tertiary alicyclic amines) is 1. The second kappa shape index (κ2) is 11.9. The molecule has 1 fully saturated rings. The number of benzene rings is 2. The van der Waals surface area contributed by atoms with E-state index in [2.05, 4.69) is 27.3 Å². The Labute approximate surface area is 234 Å². The summed E-state index contributed by atoms with van der Waals surface area (Å²) in [5.41, 5.74) is 4.23. The highest BCUT2D eigenvalue weighted by Crippen LogP contribution is 2.46. The molecule has 0 radical (unpaired) electrons. The molecule has 9 nitrogen and oxygen atoms in total. The second-order valence-electron chi connectivity index (χ2n) is 10.7. The summed E-state index contributed by atoms with van der Waals surface area (Å²) in [7, 11) is 0. The van der Waals surface area contributed by atoms with Gasteiger partial charge >= 0.3 is 5.97 Å². The van der Waals surface area contributed by atoms with Crippen molar-refractivity contribution < 1.29 is 19.2 Å². The van der Waals surface area contributed by atoms with Gasteiger partial charge in [0.25, 0.3) is 5.69 Å². The number of hydrogen-bond acceptors (Lipinski definition) is 8. The summed E-state index contributed by atoms with van der Waals surface area (Å²) in [6.07, 6.45) is 2.43. The minimum atomic E-state index is -0.649. The number of anilines is 1. The molecule has 1 aromatic heterocycles. The smallest absolute Gasteiger partial charge is 0.336 e. The van der Waals surface area contributed by atoms with Crippen LogP contribution in [0.1, 0.15) is 49.8 Å². The predicted octanol–water partition coefficient (Wildman–Crippen LogP) is 5.67. The number of fused-ring (bicyclic) bond motifs is 1. The first-order valence-electron chi connectivity index (χ1n) is 13.6. The summed E-state index contributed by atoms with van der Waals surface area (Å²) < 4.78 is 12.0. The van der Waals surface area contributed by atoms with Gasteiger partial charge in [-0.15, -0.1) is 0 Å². The highest BCUT2D eigenvalue weighted by Gasteiger charge is 2.37. The number of pyridine rings is 1. The van der Waals surface area contributed by atoms with Crippen molar-refractivity contribution in [3.63, 3.8) is 0 Å². The summed E-state index contributed by atoms with van der Waals surface area (Å²) in [5, 5.41) is 14.9. The summed E-state index contributed by atoms with van der Waals surface area (Å²) in [5.74, 6) is -0.492. The van der Waals surface area contributed by atoms with E-state index in [-0.39, 0.29) is 17.7 Å². The van der Waals surface area contributed by atoms with E-state index in [0.717, 1.165) is 31.7 Å². The molecule has 1 N–H and O–H groups in total. The lowest BCUT2D eigenvalue weighted by molar-refractivity contribution is -0.384. The van der Waals surface area contributed by atoms with Gasteiger partial charge in [-0.05, 0) is 50.9 Å². The first kappa shape index (κ1) is 27.3. The number of allylic oxidation sites excluding steroid dienone is 1. The minimum Gasteiger partial charge on any atom is -0.475 e. The SMILES string of the molecule is CC1=C(C(=O)OCC2CCN(Cc3ccccc3)C2)C(c2cccc([N+](=O)[O-])c2)c2c(ccnc2OC(C)C)N1. The average Bonchev–Trinajstić information content (AvgIpc) is 3.38. The van der Waals surface area contributed by atoms with Crippen molar-refractivity contribution in [2.75, 3.05) is 25.0 Å². The van der Waals surface area contributed by atoms with Crippen LogP contribution in [0.4, 0.5) is 11.4 Å². The van der Waals surface area contributed by atoms with Crippen molar-refractivity contribution in [1.29, 1.82) is 0 Å². The first-order valence-corrected chi connectivity index (χ1v) is 13.6. The summed E-state index contributed by atoms with van der Waals surface area (Å²) >= 11 is 0. The summed E-state index contributed by atoms with van der Waals surface area (Å²) in [4.78, 5) is 31.8. The normalized spacial score (nSPS) is 18.8. The van der Waals surface area contributed by atoms with Gasteiger partial charge in [-0.2, -0.15) is 0 Å². The molecule has 1 saturated heterocycles. The number of nitro groups is 1. The number of esters is 1. The standard InChI is InChI=1S/C31H34N4O5/c1-20(2)40-30-29-26(12-14-32-30)33-21(3)27(28(29)24-10-7-11-25(16-24)35(37)38)31(36)39-19-23-13-15-34(18-23)17-22-8-5-4-6-9-22/h4-12,14,16,20,23,28,33H,13,15,17-19H2,1-3H3. The van der Waals surface area contributed by atoms with Gasteiger partial charge < -0.3 is 14.8 Å². The maximum atomic E-state index is 13.8. The molecule has 0 spiro atoms. The number of rotatable bonds is 9. The quantitative estimate of drug-likeness (QED) is 0.209. The Morgan fingerprint density at radius 2 is 1.98 bits per heavy atom. The summed E-state index contributed by atoms with van der Waals surface area (Å²) in [6.45, 7) is 8.60. The molecule has 0 bridgehead atoms. The lowest BCUT2D eigenvalue weighted by Gasteiger charge is -2.31. The number of carbonyl (C=O) groups excluding carboxylic acids is 1. The van der Waals surface area contributed by atoms with Crippen molar-refractivity contribution in [3.8, 4) is 5.88 Å². The zero-order chi connectivity index (χ0) is 28.2. The van der Waals surface area contributed by atoms with Gasteiger partial charge in [0.2, 0.25) is 5.88 Å². The highest BCUT2D eigenvalue weighted by atomic mass is 16.6. The number of nitrogens with zero attached hydrogens (tertiary/aromatic N) is 3. The monoisotopic (exact) mass is 542 g/mol. The molecular weight excluding hydrogens is 508 g/mol. The largest absolute Gasteiger partial charge is 0.475 e. The number of hydrogen-bond donors (Lipinski definition) is 1. The molecule has 5 rings (SSSR count). The third kappa shape index (κ3) is 5.99. The van der Waals surface area contributed by atoms with Gasteiger partial charge in [0.15, 0.2) is 0 Å². The molecular formula is C31H34N4O5. The van der Waals surface area contributed by atoms with Crippen LogP contribution < -0.4 is 10.1 Å². The van der Waals surface area contributed by atoms with Gasteiger partial charge in [0, 0.05) is 54.3 Å². The van der Waals surface area contributed by atoms with Gasteiger partial charge in [0.05, 0.1) is 29.1 Å². The molecule has 2 unspecified atom stereocenters. The van der Waals surface area contributed by atoms with Crippen molar-refractivity contribution in [1.82, 2.24) is 9.88 Å². The molecule has 40 heavy (non-hydrogen) atoms. The third-order valence-corrected chi connectivity index (χ3v) is 7.31. The third-order valence-electron chi connectivity index (χ3n) is 7.31. The predicted molar refractivity (Wildman–Crippen MR) is 152 cm³/mol. The van der Waals surface area contributed by atoms with Crippen LogP contribution in [-0.2, 0) is 16.1 Å². The van der Waals surface area contributed by atoms with Crippen LogP contribution in [0.2, 0.25) is 0 Å². The van der Waals surface area contributed by atoms with Crippen molar-refractivity contribution >= 4 is 17.3 Å². The fourth-order valence-corrected chi connectivity index (χ4v) is 5.52. The minimum absolute atomic E-state index is 0.0531. The number of ether oxygens (including phenoxy) is 2. The lowest BCUT2D eigenvalue weighted by atomic mass is 9.81. The second-order valence-corrected chi connectivity index (χ2v) is 10.7. The zero-order valence-electron chi connectivity index (χ0n) is 23.0. The van der Waals surface area contributed by atoms with Crippen LogP contribution in [0.25, 0.3) is 0 Å². The Morgan fingerprint density at radius 3 is 2.73 bits per heavy atom. The van der Waals surface area contributed by atoms with Crippen LogP contribution in [0.5, 0.6) is 5.88 Å². The highest BCUT2D eigenvalue weighted by molar-refractivity contribution is 5.95. The molecule has 2 aliphatic heterocycles. The number of nitro benzene ring substituents is 1. The van der Waals surface area contributed by atoms with Crippen LogP contribution >= 0.6 is 0 Å². The Morgan fingerprint density at radius 1 is 1.18 bits per heavy atom. The molecule has 208 valence electrons. The van der Waals surface area contributed by atoms with Gasteiger partial charge in [-0.1, -0.05) is 42.5 Å². The lowest BCUT2D eigenvalue weighted by Crippen LogP contribution is -2.27. The van der Waals surface area contributed by atoms with Crippen LogP contribution in [0, 0.1) is 16.0 Å². The molecule has 2 aliphatic rings. The van der Waals surface area contributed by atoms with E-state index in [1.165, 1.54) is 17.7 Å². The van der Waals surface area contributed by atoms with E-state index in [9.17, 15) is 14.9 Å². The van der Waals surface area contributed by atoms with E-state index >= 15 is 0 Å². The Balaban J connectivity index is 1.40. The molecule has 3 heterocycles. The number of non-ortho nitro benzene ring substituents is 1. The fraction of sp³-hybridized carbons (Fsp3) is 0.355. The zero-order valence-corrected chi connectivity index (χ0v) is 23.0. The Kier molecular flexibility index (Phi) is 8.11. The summed E-state index contributed by atoms with van der Waals surface area (Å²) in [6, 6.07) is 18.5. The van der Waals surface area contributed by atoms with Gasteiger partial charge in [-0.3, -0.25) is 15.0 Å². The number of carbonyl (C=O) groups is 1. The molecule has 0 aliphatic carbocycles. The van der Waals surface area contributed by atoms with Crippen molar-refractivity contribution in [2.24, 2.45) is 5.92 Å². The van der Waals surface area contributed by atoms with Crippen LogP contribution in [-0.4, -0.2) is 46.6 Å². The first-order chi connectivity index (χ1) is 19.3. The van der Waals surface area contributed by atoms with Crippen LogP contribution in [0.15, 0.2) is 78.1 Å². The fourth-order valence-electron chi connectivity index (χ4n) is 5.52. The molecule has 9 heteroatoms.